The van der Waals surface area contributed by atoms with Crippen molar-refractivity contribution in [2.24, 2.45) is 5.73 Å². The molecule has 3 aromatic heterocycles. The van der Waals surface area contributed by atoms with Gasteiger partial charge in [-0.05, 0) is 25.3 Å². The van der Waals surface area contributed by atoms with Crippen LogP contribution in [0.4, 0.5) is 0 Å². The van der Waals surface area contributed by atoms with E-state index in [1.807, 2.05) is 31.4 Å². The molecule has 0 radical (unpaired) electrons. The number of thiophene rings is 1. The lowest BCUT2D eigenvalue weighted by molar-refractivity contribution is 0.470. The topological polar surface area (TPSA) is 95.7 Å². The Bertz CT molecular complexity index is 694. The number of hydrogen-bond acceptors (Lipinski definition) is 7. The van der Waals surface area contributed by atoms with E-state index in [-0.39, 0.29) is 0 Å². The average Bonchev–Trinajstić information content (AvgIpc) is 3.08. The molecule has 0 bridgehead atoms. The summed E-state index contributed by atoms with van der Waals surface area (Å²) in [5.74, 6) is 1.01. The van der Waals surface area contributed by atoms with Gasteiger partial charge in [-0.3, -0.25) is 0 Å². The van der Waals surface area contributed by atoms with Gasteiger partial charge in [0.2, 0.25) is 5.89 Å². The van der Waals surface area contributed by atoms with E-state index in [4.69, 9.17) is 10.2 Å². The standard InChI is InChI=1S/C12H14N6OS/c1-12(2,13)9-6-18(17-14-9)7-10-15-16-11(19-10)8-4-3-5-20-8/h3-6H,7,13H2,1-2H3. The van der Waals surface area contributed by atoms with Crippen LogP contribution >= 0.6 is 11.3 Å². The van der Waals surface area contributed by atoms with Crippen molar-refractivity contribution in [1.82, 2.24) is 25.2 Å². The lowest BCUT2D eigenvalue weighted by atomic mass is 10.0. The molecule has 0 unspecified atom stereocenters. The normalized spacial score (nSPS) is 11.9. The van der Waals surface area contributed by atoms with Crippen molar-refractivity contribution in [2.75, 3.05) is 0 Å². The van der Waals surface area contributed by atoms with E-state index in [1.165, 1.54) is 0 Å². The lowest BCUT2D eigenvalue weighted by Crippen LogP contribution is -2.29. The monoisotopic (exact) mass is 290 g/mol. The first-order valence-corrected chi connectivity index (χ1v) is 6.96. The van der Waals surface area contributed by atoms with Crippen molar-refractivity contribution in [1.29, 1.82) is 0 Å². The Kier molecular flexibility index (Phi) is 3.11. The third-order valence-corrected chi connectivity index (χ3v) is 3.55. The van der Waals surface area contributed by atoms with Gasteiger partial charge in [-0.25, -0.2) is 4.68 Å². The predicted octanol–water partition coefficient (Wildman–Crippen LogP) is 1.63. The summed E-state index contributed by atoms with van der Waals surface area (Å²) in [6, 6.07) is 3.88. The van der Waals surface area contributed by atoms with Crippen LogP contribution in [-0.2, 0) is 12.1 Å². The molecule has 0 saturated carbocycles. The van der Waals surface area contributed by atoms with E-state index in [9.17, 15) is 0 Å². The molecule has 8 heteroatoms. The Morgan fingerprint density at radius 1 is 1.35 bits per heavy atom. The van der Waals surface area contributed by atoms with Gasteiger partial charge >= 0.3 is 0 Å². The first-order chi connectivity index (χ1) is 9.52. The van der Waals surface area contributed by atoms with Crippen LogP contribution in [0.25, 0.3) is 10.8 Å². The third-order valence-electron chi connectivity index (χ3n) is 2.69. The van der Waals surface area contributed by atoms with Crippen LogP contribution in [0, 0.1) is 0 Å². The van der Waals surface area contributed by atoms with Crippen LogP contribution in [-0.4, -0.2) is 25.2 Å². The highest BCUT2D eigenvalue weighted by molar-refractivity contribution is 7.13. The van der Waals surface area contributed by atoms with Gasteiger partial charge in [0, 0.05) is 0 Å². The highest BCUT2D eigenvalue weighted by Crippen LogP contribution is 2.23. The van der Waals surface area contributed by atoms with Crippen molar-refractivity contribution in [2.45, 2.75) is 25.9 Å². The maximum Gasteiger partial charge on any atom is 0.257 e. The van der Waals surface area contributed by atoms with E-state index in [0.717, 1.165) is 10.6 Å². The Morgan fingerprint density at radius 3 is 2.85 bits per heavy atom. The summed E-state index contributed by atoms with van der Waals surface area (Å²) in [5, 5.41) is 18.0. The molecule has 7 nitrogen and oxygen atoms in total. The molecule has 0 saturated heterocycles. The fraction of sp³-hybridized carbons (Fsp3) is 0.333. The smallest absolute Gasteiger partial charge is 0.257 e. The maximum atomic E-state index is 5.97. The molecule has 3 rings (SSSR count). The SMILES string of the molecule is CC(C)(N)c1cn(Cc2nnc(-c3cccs3)o2)nn1. The first kappa shape index (κ1) is 12.9. The molecule has 0 aliphatic heterocycles. The molecule has 0 aliphatic carbocycles. The highest BCUT2D eigenvalue weighted by atomic mass is 32.1. The van der Waals surface area contributed by atoms with E-state index in [1.54, 1.807) is 22.2 Å². The van der Waals surface area contributed by atoms with Crippen LogP contribution in [0.5, 0.6) is 0 Å². The Hall–Kier alpha value is -2.06. The zero-order valence-electron chi connectivity index (χ0n) is 11.1. The Balaban J connectivity index is 1.77. The Labute approximate surface area is 119 Å². The summed E-state index contributed by atoms with van der Waals surface area (Å²) in [6.07, 6.45) is 1.79. The van der Waals surface area contributed by atoms with E-state index >= 15 is 0 Å². The van der Waals surface area contributed by atoms with Crippen LogP contribution in [0.2, 0.25) is 0 Å². The molecule has 0 amide bonds. The fourth-order valence-corrected chi connectivity index (χ4v) is 2.27. The molecule has 0 aliphatic rings. The van der Waals surface area contributed by atoms with Gasteiger partial charge in [0.1, 0.15) is 12.2 Å². The van der Waals surface area contributed by atoms with Gasteiger partial charge in [-0.2, -0.15) is 0 Å². The summed E-state index contributed by atoms with van der Waals surface area (Å²) >= 11 is 1.56. The molecular formula is C12H14N6OS. The van der Waals surface area contributed by atoms with Crippen molar-refractivity contribution >= 4 is 11.3 Å². The lowest BCUT2D eigenvalue weighted by Gasteiger charge is -2.13. The van der Waals surface area contributed by atoms with E-state index in [2.05, 4.69) is 20.5 Å². The first-order valence-electron chi connectivity index (χ1n) is 6.08. The average molecular weight is 290 g/mol. The quantitative estimate of drug-likeness (QED) is 0.784. The second-order valence-electron chi connectivity index (χ2n) is 5.00. The Morgan fingerprint density at radius 2 is 2.20 bits per heavy atom. The second-order valence-corrected chi connectivity index (χ2v) is 5.95. The predicted molar refractivity (Wildman–Crippen MR) is 73.9 cm³/mol. The molecule has 20 heavy (non-hydrogen) atoms. The van der Waals surface area contributed by atoms with Gasteiger partial charge in [-0.1, -0.05) is 11.3 Å². The molecule has 0 atom stereocenters. The summed E-state index contributed by atoms with van der Waals surface area (Å²) in [6.45, 7) is 4.13. The van der Waals surface area contributed by atoms with Gasteiger partial charge in [-0.15, -0.1) is 26.6 Å². The van der Waals surface area contributed by atoms with Gasteiger partial charge in [0.05, 0.1) is 16.6 Å². The number of nitrogens with zero attached hydrogens (tertiary/aromatic N) is 5. The fourth-order valence-electron chi connectivity index (χ4n) is 1.63. The largest absolute Gasteiger partial charge is 0.418 e. The molecular weight excluding hydrogens is 276 g/mol. The van der Waals surface area contributed by atoms with Crippen molar-refractivity contribution in [3.8, 4) is 10.8 Å². The summed E-state index contributed by atoms with van der Waals surface area (Å²) in [7, 11) is 0. The molecule has 0 spiro atoms. The van der Waals surface area contributed by atoms with Crippen LogP contribution in [0.1, 0.15) is 25.4 Å². The summed E-state index contributed by atoms with van der Waals surface area (Å²) in [5.41, 5.74) is 6.17. The second kappa shape index (κ2) is 4.80. The van der Waals surface area contributed by atoms with Crippen molar-refractivity contribution in [3.63, 3.8) is 0 Å². The molecule has 3 heterocycles. The minimum absolute atomic E-state index is 0.376. The molecule has 0 fully saturated rings. The number of aromatic nitrogens is 5. The van der Waals surface area contributed by atoms with Crippen LogP contribution < -0.4 is 5.73 Å². The van der Waals surface area contributed by atoms with Gasteiger partial charge < -0.3 is 10.2 Å². The highest BCUT2D eigenvalue weighted by Gasteiger charge is 2.19. The zero-order chi connectivity index (χ0) is 14.2. The summed E-state index contributed by atoms with van der Waals surface area (Å²) < 4.78 is 7.23. The third kappa shape index (κ3) is 2.61. The van der Waals surface area contributed by atoms with Gasteiger partial charge in [0.25, 0.3) is 5.89 Å². The van der Waals surface area contributed by atoms with Crippen LogP contribution in [0.3, 0.4) is 0 Å². The van der Waals surface area contributed by atoms with E-state index < -0.39 is 5.54 Å². The van der Waals surface area contributed by atoms with Gasteiger partial charge in [0.15, 0.2) is 0 Å². The van der Waals surface area contributed by atoms with E-state index in [0.29, 0.717) is 18.3 Å². The van der Waals surface area contributed by atoms with Crippen LogP contribution in [0.15, 0.2) is 28.1 Å². The molecule has 3 aromatic rings. The van der Waals surface area contributed by atoms with Crippen molar-refractivity contribution < 1.29 is 4.42 Å². The minimum Gasteiger partial charge on any atom is -0.418 e. The van der Waals surface area contributed by atoms with Crippen molar-refractivity contribution in [3.05, 3.63) is 35.3 Å². The zero-order valence-corrected chi connectivity index (χ0v) is 12.0. The molecule has 104 valence electrons. The number of nitrogens with two attached hydrogens (primary N) is 1. The summed E-state index contributed by atoms with van der Waals surface area (Å²) in [4.78, 5) is 0.950. The number of rotatable bonds is 4. The molecule has 2 N–H and O–H groups in total. The molecule has 0 aromatic carbocycles. The minimum atomic E-state index is -0.519. The number of hydrogen-bond donors (Lipinski definition) is 1. The maximum absolute atomic E-state index is 5.97.